The van der Waals surface area contributed by atoms with Gasteiger partial charge in [-0.05, 0) is 44.8 Å². The van der Waals surface area contributed by atoms with E-state index in [4.69, 9.17) is 4.74 Å². The summed E-state index contributed by atoms with van der Waals surface area (Å²) in [6.07, 6.45) is 3.92. The van der Waals surface area contributed by atoms with Crippen molar-refractivity contribution >= 4 is 17.2 Å². The van der Waals surface area contributed by atoms with Crippen molar-refractivity contribution in [1.29, 1.82) is 0 Å². The molecule has 1 amide bonds. The van der Waals surface area contributed by atoms with Crippen molar-refractivity contribution in [3.05, 3.63) is 45.9 Å². The molecule has 0 unspecified atom stereocenters. The number of thiazole rings is 1. The molecule has 6 heteroatoms. The third-order valence-corrected chi connectivity index (χ3v) is 6.48. The second-order valence-corrected chi connectivity index (χ2v) is 9.93. The zero-order chi connectivity index (χ0) is 21.0. The van der Waals surface area contributed by atoms with Crippen molar-refractivity contribution in [2.45, 2.75) is 53.1 Å². The lowest BCUT2D eigenvalue weighted by Crippen LogP contribution is -2.43. The quantitative estimate of drug-likeness (QED) is 0.751. The molecular weight excluding hydrogens is 382 g/mol. The normalized spacial score (nSPS) is 17.1. The number of carbonyl (C=O) groups is 1. The highest BCUT2D eigenvalue weighted by atomic mass is 32.1. The van der Waals surface area contributed by atoms with Crippen molar-refractivity contribution in [3.8, 4) is 5.75 Å². The van der Waals surface area contributed by atoms with Crippen LogP contribution in [0.5, 0.6) is 5.75 Å². The summed E-state index contributed by atoms with van der Waals surface area (Å²) in [5.74, 6) is 1.45. The van der Waals surface area contributed by atoms with Crippen LogP contribution in [0.25, 0.3) is 0 Å². The number of nitrogens with zero attached hydrogens (tertiary/aromatic N) is 2. The minimum Gasteiger partial charge on any atom is -0.496 e. The molecule has 0 radical (unpaired) electrons. The Balaban J connectivity index is 1.66. The molecule has 29 heavy (non-hydrogen) atoms. The van der Waals surface area contributed by atoms with E-state index in [2.05, 4.69) is 40.3 Å². The largest absolute Gasteiger partial charge is 0.496 e. The summed E-state index contributed by atoms with van der Waals surface area (Å²) in [6.45, 7) is 10.9. The molecule has 2 heterocycles. The molecule has 158 valence electrons. The van der Waals surface area contributed by atoms with E-state index in [1.165, 1.54) is 11.1 Å². The van der Waals surface area contributed by atoms with Gasteiger partial charge in [-0.3, -0.25) is 9.69 Å². The van der Waals surface area contributed by atoms with Gasteiger partial charge in [-0.15, -0.1) is 11.3 Å². The Morgan fingerprint density at radius 3 is 2.66 bits per heavy atom. The Hall–Kier alpha value is -1.92. The maximum Gasteiger partial charge on any atom is 0.225 e. The Bertz CT molecular complexity index is 806. The number of carbonyl (C=O) groups excluding carboxylic acids is 1. The number of methoxy groups -OCH3 is 1. The minimum atomic E-state index is -0.405. The number of hydrogen-bond acceptors (Lipinski definition) is 5. The van der Waals surface area contributed by atoms with Gasteiger partial charge in [0, 0.05) is 29.1 Å². The van der Waals surface area contributed by atoms with Gasteiger partial charge in [0.1, 0.15) is 10.8 Å². The van der Waals surface area contributed by atoms with Crippen LogP contribution in [-0.2, 0) is 11.3 Å². The van der Waals surface area contributed by atoms with Gasteiger partial charge in [0.05, 0.1) is 13.2 Å². The summed E-state index contributed by atoms with van der Waals surface area (Å²) in [5.41, 5.74) is 2.09. The van der Waals surface area contributed by atoms with Crippen LogP contribution in [0, 0.1) is 18.3 Å². The molecule has 5 nitrogen and oxygen atoms in total. The fourth-order valence-corrected chi connectivity index (χ4v) is 4.62. The van der Waals surface area contributed by atoms with Crippen LogP contribution in [0.3, 0.4) is 0 Å². The topological polar surface area (TPSA) is 54.5 Å². The molecule has 2 aromatic rings. The molecule has 1 saturated heterocycles. The van der Waals surface area contributed by atoms with Gasteiger partial charge >= 0.3 is 0 Å². The van der Waals surface area contributed by atoms with E-state index in [0.717, 1.165) is 43.2 Å². The molecule has 0 bridgehead atoms. The van der Waals surface area contributed by atoms with Crippen LogP contribution in [0.1, 0.15) is 55.8 Å². The van der Waals surface area contributed by atoms with Crippen LogP contribution < -0.4 is 10.1 Å². The highest BCUT2D eigenvalue weighted by molar-refractivity contribution is 7.09. The van der Waals surface area contributed by atoms with Gasteiger partial charge < -0.3 is 10.1 Å². The molecule has 1 N–H and O–H groups in total. The first-order valence-corrected chi connectivity index (χ1v) is 11.2. The number of benzene rings is 1. The first-order chi connectivity index (χ1) is 13.8. The third kappa shape index (κ3) is 5.58. The summed E-state index contributed by atoms with van der Waals surface area (Å²) >= 11 is 1.63. The molecule has 0 spiro atoms. The number of nitrogens with one attached hydrogen (secondary N) is 1. The predicted molar refractivity (Wildman–Crippen MR) is 118 cm³/mol. The van der Waals surface area contributed by atoms with Gasteiger partial charge in [0.25, 0.3) is 0 Å². The first-order valence-electron chi connectivity index (χ1n) is 10.3. The average Bonchev–Trinajstić information content (AvgIpc) is 3.20. The second-order valence-electron chi connectivity index (χ2n) is 9.00. The highest BCUT2D eigenvalue weighted by Crippen LogP contribution is 2.34. The summed E-state index contributed by atoms with van der Waals surface area (Å²) in [7, 11) is 1.73. The minimum absolute atomic E-state index is 0.00243. The standard InChI is InChI=1S/C23H33N3O2S/c1-16-6-7-19(28-5)18(14-16)15-26-11-8-17(9-12-26)20(21-24-10-13-29-21)25-22(27)23(2,3)4/h6-7,10,13-14,17,20H,8-9,11-12,15H2,1-5H3,(H,25,27)/t20-/m0/s1. The van der Waals surface area contributed by atoms with Crippen molar-refractivity contribution in [1.82, 2.24) is 15.2 Å². The van der Waals surface area contributed by atoms with Crippen LogP contribution in [0.4, 0.5) is 0 Å². The molecular formula is C23H33N3O2S. The molecule has 1 aliphatic heterocycles. The molecule has 1 fully saturated rings. The SMILES string of the molecule is COc1ccc(C)cc1CN1CCC([C@H](NC(=O)C(C)(C)C)c2nccs2)CC1. The zero-order valence-electron chi connectivity index (χ0n) is 18.2. The molecule has 0 aliphatic carbocycles. The lowest BCUT2D eigenvalue weighted by Gasteiger charge is -2.36. The van der Waals surface area contributed by atoms with E-state index in [1.54, 1.807) is 18.4 Å². The van der Waals surface area contributed by atoms with Crippen LogP contribution in [0.15, 0.2) is 29.8 Å². The molecule has 1 aromatic heterocycles. The number of likely N-dealkylation sites (tertiary alicyclic amines) is 1. The summed E-state index contributed by atoms with van der Waals surface area (Å²) < 4.78 is 5.54. The van der Waals surface area contributed by atoms with Crippen molar-refractivity contribution in [2.24, 2.45) is 11.3 Å². The average molecular weight is 416 g/mol. The Morgan fingerprint density at radius 2 is 2.07 bits per heavy atom. The Labute approximate surface area is 178 Å². The highest BCUT2D eigenvalue weighted by Gasteiger charge is 2.33. The number of hydrogen-bond donors (Lipinski definition) is 1. The number of aryl methyl sites for hydroxylation is 1. The number of ether oxygens (including phenoxy) is 1. The first kappa shape index (κ1) is 21.8. The van der Waals surface area contributed by atoms with Crippen molar-refractivity contribution in [2.75, 3.05) is 20.2 Å². The third-order valence-electron chi connectivity index (χ3n) is 5.62. The maximum atomic E-state index is 12.7. The van der Waals surface area contributed by atoms with Gasteiger partial charge in [0.2, 0.25) is 5.91 Å². The molecule has 3 rings (SSSR count). The van der Waals surface area contributed by atoms with Crippen LogP contribution >= 0.6 is 11.3 Å². The van der Waals surface area contributed by atoms with Crippen LogP contribution in [-0.4, -0.2) is 36.0 Å². The Kier molecular flexibility index (Phi) is 6.96. The van der Waals surface area contributed by atoms with E-state index in [9.17, 15) is 4.79 Å². The fourth-order valence-electron chi connectivity index (χ4n) is 3.84. The summed E-state index contributed by atoms with van der Waals surface area (Å²) in [6, 6.07) is 6.35. The van der Waals surface area contributed by atoms with Crippen molar-refractivity contribution in [3.63, 3.8) is 0 Å². The van der Waals surface area contributed by atoms with Gasteiger partial charge in [-0.1, -0.05) is 38.5 Å². The summed E-state index contributed by atoms with van der Waals surface area (Å²) in [5, 5.41) is 6.30. The number of rotatable bonds is 6. The van der Waals surface area contributed by atoms with Crippen LogP contribution in [0.2, 0.25) is 0 Å². The predicted octanol–water partition coefficient (Wildman–Crippen LogP) is 4.58. The van der Waals surface area contributed by atoms with E-state index in [1.807, 2.05) is 32.3 Å². The van der Waals surface area contributed by atoms with E-state index in [-0.39, 0.29) is 11.9 Å². The molecule has 0 saturated carbocycles. The molecule has 1 aromatic carbocycles. The smallest absolute Gasteiger partial charge is 0.225 e. The second kappa shape index (κ2) is 9.26. The molecule has 1 aliphatic rings. The van der Waals surface area contributed by atoms with Gasteiger partial charge in [0.15, 0.2) is 0 Å². The van der Waals surface area contributed by atoms with E-state index >= 15 is 0 Å². The number of aromatic nitrogens is 1. The molecule has 1 atom stereocenters. The van der Waals surface area contributed by atoms with Crippen molar-refractivity contribution < 1.29 is 9.53 Å². The summed E-state index contributed by atoms with van der Waals surface area (Å²) in [4.78, 5) is 19.7. The number of amides is 1. The monoisotopic (exact) mass is 415 g/mol. The van der Waals surface area contributed by atoms with Gasteiger partial charge in [-0.25, -0.2) is 4.98 Å². The fraction of sp³-hybridized carbons (Fsp3) is 0.565. The Morgan fingerprint density at radius 1 is 1.34 bits per heavy atom. The number of piperidine rings is 1. The zero-order valence-corrected chi connectivity index (χ0v) is 19.0. The lowest BCUT2D eigenvalue weighted by molar-refractivity contribution is -0.129. The van der Waals surface area contributed by atoms with Gasteiger partial charge in [-0.2, -0.15) is 0 Å². The van der Waals surface area contributed by atoms with E-state index < -0.39 is 5.41 Å². The lowest BCUT2D eigenvalue weighted by atomic mass is 9.87. The maximum absolute atomic E-state index is 12.7. The van der Waals surface area contributed by atoms with E-state index in [0.29, 0.717) is 5.92 Å².